The Morgan fingerprint density at radius 2 is 1.30 bits per heavy atom. The van der Waals surface area contributed by atoms with Crippen molar-refractivity contribution in [3.05, 3.63) is 94.5 Å². The number of imide groups is 1. The summed E-state index contributed by atoms with van der Waals surface area (Å²) >= 11 is 0. The monoisotopic (exact) mass is 395 g/mol. The lowest BCUT2D eigenvalue weighted by Gasteiger charge is -2.46. The SMILES string of the molecule is COc1ccc(N2C(=O)[C@@H]3[C@H]4c5ccccc5[C@@H](c5ccc(C)cc54)[C@@H]3C2=O)cc1. The summed E-state index contributed by atoms with van der Waals surface area (Å²) in [6, 6.07) is 21.9. The lowest BCUT2D eigenvalue weighted by Crippen LogP contribution is -2.41. The minimum Gasteiger partial charge on any atom is -0.497 e. The number of aryl methyl sites for hydroxylation is 1. The van der Waals surface area contributed by atoms with Crippen LogP contribution in [0.4, 0.5) is 5.69 Å². The van der Waals surface area contributed by atoms with Crippen molar-refractivity contribution < 1.29 is 14.3 Å². The van der Waals surface area contributed by atoms with Crippen LogP contribution in [0.3, 0.4) is 0 Å². The van der Waals surface area contributed by atoms with Crippen LogP contribution >= 0.6 is 0 Å². The molecule has 148 valence electrons. The average Bonchev–Trinajstić information content (AvgIpc) is 3.04. The third-order valence-corrected chi connectivity index (χ3v) is 7.03. The highest BCUT2D eigenvalue weighted by molar-refractivity contribution is 6.23. The molecule has 4 atom stereocenters. The molecule has 30 heavy (non-hydrogen) atoms. The first-order chi connectivity index (χ1) is 14.6. The van der Waals surface area contributed by atoms with Crippen LogP contribution < -0.4 is 9.64 Å². The number of methoxy groups -OCH3 is 1. The number of ether oxygens (including phenoxy) is 1. The maximum absolute atomic E-state index is 13.7. The molecule has 1 saturated heterocycles. The Morgan fingerprint density at radius 3 is 1.90 bits per heavy atom. The Bertz CT molecular complexity index is 1210. The van der Waals surface area contributed by atoms with Gasteiger partial charge in [0, 0.05) is 11.8 Å². The number of carbonyl (C=O) groups is 2. The summed E-state index contributed by atoms with van der Waals surface area (Å²) < 4.78 is 5.23. The van der Waals surface area contributed by atoms with Crippen molar-refractivity contribution in [2.24, 2.45) is 11.8 Å². The Morgan fingerprint density at radius 1 is 0.733 bits per heavy atom. The van der Waals surface area contributed by atoms with Crippen LogP contribution in [0.5, 0.6) is 5.75 Å². The zero-order valence-electron chi connectivity index (χ0n) is 16.8. The maximum Gasteiger partial charge on any atom is 0.238 e. The molecule has 0 aromatic heterocycles. The van der Waals surface area contributed by atoms with E-state index < -0.39 is 0 Å². The summed E-state index contributed by atoms with van der Waals surface area (Å²) in [6.45, 7) is 2.08. The van der Waals surface area contributed by atoms with Gasteiger partial charge >= 0.3 is 0 Å². The van der Waals surface area contributed by atoms with Crippen LogP contribution in [0.2, 0.25) is 0 Å². The minimum absolute atomic E-state index is 0.0773. The first-order valence-electron chi connectivity index (χ1n) is 10.3. The number of rotatable bonds is 2. The van der Waals surface area contributed by atoms with E-state index in [0.29, 0.717) is 11.4 Å². The van der Waals surface area contributed by atoms with Crippen LogP contribution in [-0.2, 0) is 9.59 Å². The van der Waals surface area contributed by atoms with Crippen LogP contribution in [0.25, 0.3) is 0 Å². The number of anilines is 1. The van der Waals surface area contributed by atoms with Crippen molar-refractivity contribution in [1.29, 1.82) is 0 Å². The molecule has 1 aliphatic heterocycles. The molecular formula is C26H21NO3. The summed E-state index contributed by atoms with van der Waals surface area (Å²) in [5.74, 6) is -0.343. The van der Waals surface area contributed by atoms with E-state index in [9.17, 15) is 9.59 Å². The number of hydrogen-bond donors (Lipinski definition) is 0. The number of carbonyl (C=O) groups excluding carboxylic acids is 2. The zero-order chi connectivity index (χ0) is 20.6. The first-order valence-corrected chi connectivity index (χ1v) is 10.3. The molecular weight excluding hydrogens is 374 g/mol. The molecule has 3 aromatic carbocycles. The smallest absolute Gasteiger partial charge is 0.238 e. The van der Waals surface area contributed by atoms with Gasteiger partial charge in [-0.3, -0.25) is 9.59 Å². The largest absolute Gasteiger partial charge is 0.497 e. The van der Waals surface area contributed by atoms with Gasteiger partial charge in [-0.15, -0.1) is 0 Å². The van der Waals surface area contributed by atoms with E-state index in [1.807, 2.05) is 12.1 Å². The van der Waals surface area contributed by atoms with Gasteiger partial charge in [-0.25, -0.2) is 4.90 Å². The third kappa shape index (κ3) is 2.11. The Labute approximate surface area is 175 Å². The van der Waals surface area contributed by atoms with E-state index in [4.69, 9.17) is 4.74 Å². The molecule has 7 rings (SSSR count). The molecule has 0 spiro atoms. The normalized spacial score (nSPS) is 25.7. The fraction of sp³-hybridized carbons (Fsp3) is 0.231. The molecule has 0 N–H and O–H groups in total. The van der Waals surface area contributed by atoms with Crippen molar-refractivity contribution in [2.75, 3.05) is 12.0 Å². The van der Waals surface area contributed by atoms with Crippen LogP contribution in [0, 0.1) is 18.8 Å². The number of benzene rings is 3. The van der Waals surface area contributed by atoms with E-state index in [-0.39, 0.29) is 35.5 Å². The molecule has 3 aliphatic carbocycles. The van der Waals surface area contributed by atoms with Crippen molar-refractivity contribution in [1.82, 2.24) is 0 Å². The summed E-state index contributed by atoms with van der Waals surface area (Å²) in [6.07, 6.45) is 0. The summed E-state index contributed by atoms with van der Waals surface area (Å²) in [4.78, 5) is 28.7. The molecule has 4 nitrogen and oxygen atoms in total. The van der Waals surface area contributed by atoms with E-state index in [2.05, 4.69) is 37.3 Å². The first kappa shape index (κ1) is 17.5. The van der Waals surface area contributed by atoms with E-state index >= 15 is 0 Å². The number of nitrogens with zero attached hydrogens (tertiary/aromatic N) is 1. The fourth-order valence-electron chi connectivity index (χ4n) is 5.83. The standard InChI is InChI=1S/C26H21NO3/c1-14-7-12-19-20(13-14)22-18-6-4-3-5-17(18)21(19)23-24(22)26(29)27(25(23)28)15-8-10-16(30-2)11-9-15/h3-13,21-24H,1-2H3/t21-,22-,23-,24+/m0/s1. The lowest BCUT2D eigenvalue weighted by atomic mass is 9.55. The molecule has 1 heterocycles. The molecule has 4 aliphatic rings. The average molecular weight is 395 g/mol. The topological polar surface area (TPSA) is 46.6 Å². The molecule has 2 amide bonds. The van der Waals surface area contributed by atoms with Gasteiger partial charge in [0.05, 0.1) is 24.6 Å². The van der Waals surface area contributed by atoms with Gasteiger partial charge in [0.1, 0.15) is 5.75 Å². The number of hydrogen-bond acceptors (Lipinski definition) is 3. The highest BCUT2D eigenvalue weighted by Crippen LogP contribution is 2.61. The highest BCUT2D eigenvalue weighted by atomic mass is 16.5. The molecule has 0 saturated carbocycles. The molecule has 3 aromatic rings. The van der Waals surface area contributed by atoms with Crippen molar-refractivity contribution in [3.8, 4) is 5.75 Å². The van der Waals surface area contributed by atoms with Gasteiger partial charge in [0.25, 0.3) is 0 Å². The van der Waals surface area contributed by atoms with Crippen LogP contribution in [-0.4, -0.2) is 18.9 Å². The lowest BCUT2D eigenvalue weighted by molar-refractivity contribution is -0.122. The van der Waals surface area contributed by atoms with Gasteiger partial charge in [-0.2, -0.15) is 0 Å². The minimum atomic E-state index is -0.353. The molecule has 4 heteroatoms. The molecule has 1 fully saturated rings. The highest BCUT2D eigenvalue weighted by Gasteiger charge is 2.61. The number of amides is 2. The van der Waals surface area contributed by atoms with E-state index in [1.165, 1.54) is 32.7 Å². The Balaban J connectivity index is 1.54. The summed E-state index contributed by atoms with van der Waals surface area (Å²) in [5.41, 5.74) is 6.58. The van der Waals surface area contributed by atoms with Gasteiger partial charge in [-0.05, 0) is 53.4 Å². The summed E-state index contributed by atoms with van der Waals surface area (Å²) in [5, 5.41) is 0. The van der Waals surface area contributed by atoms with E-state index in [0.717, 1.165) is 0 Å². The Hall–Kier alpha value is -3.40. The second-order valence-electron chi connectivity index (χ2n) is 8.48. The van der Waals surface area contributed by atoms with Gasteiger partial charge < -0.3 is 4.74 Å². The van der Waals surface area contributed by atoms with Gasteiger partial charge in [-0.1, -0.05) is 48.0 Å². The van der Waals surface area contributed by atoms with Crippen molar-refractivity contribution in [2.45, 2.75) is 18.8 Å². The van der Waals surface area contributed by atoms with Gasteiger partial charge in [0.2, 0.25) is 11.8 Å². The van der Waals surface area contributed by atoms with E-state index in [1.54, 1.807) is 31.4 Å². The van der Waals surface area contributed by atoms with Crippen molar-refractivity contribution in [3.63, 3.8) is 0 Å². The second-order valence-corrected chi connectivity index (χ2v) is 8.48. The third-order valence-electron chi connectivity index (χ3n) is 7.03. The van der Waals surface area contributed by atoms with Crippen molar-refractivity contribution >= 4 is 17.5 Å². The van der Waals surface area contributed by atoms with Crippen LogP contribution in [0.1, 0.15) is 39.7 Å². The fourth-order valence-corrected chi connectivity index (χ4v) is 5.83. The molecule has 0 radical (unpaired) electrons. The quantitative estimate of drug-likeness (QED) is 0.604. The van der Waals surface area contributed by atoms with Gasteiger partial charge in [0.15, 0.2) is 0 Å². The predicted octanol–water partition coefficient (Wildman–Crippen LogP) is 4.40. The second kappa shape index (κ2) is 6.05. The Kier molecular flexibility index (Phi) is 3.52. The predicted molar refractivity (Wildman–Crippen MR) is 114 cm³/mol. The summed E-state index contributed by atoms with van der Waals surface area (Å²) in [7, 11) is 1.60. The zero-order valence-corrected chi connectivity index (χ0v) is 16.8. The maximum atomic E-state index is 13.7. The molecule has 2 bridgehead atoms. The van der Waals surface area contributed by atoms with Crippen LogP contribution in [0.15, 0.2) is 66.7 Å². The molecule has 0 unspecified atom stereocenters.